The molecule has 2 saturated heterocycles. The highest BCUT2D eigenvalue weighted by atomic mass is 35.5. The Morgan fingerprint density at radius 2 is 1.76 bits per heavy atom. The Bertz CT molecular complexity index is 1330. The molecule has 0 bridgehead atoms. The van der Waals surface area contributed by atoms with Crippen LogP contribution in [0.2, 0.25) is 5.02 Å². The van der Waals surface area contributed by atoms with Crippen molar-refractivity contribution in [3.8, 4) is 5.75 Å². The van der Waals surface area contributed by atoms with Gasteiger partial charge in [0.1, 0.15) is 17.9 Å². The minimum Gasteiger partial charge on any atom is -0.494 e. The van der Waals surface area contributed by atoms with E-state index in [1.165, 1.54) is 25.7 Å². The Kier molecular flexibility index (Phi) is 7.85. The molecule has 2 fully saturated rings. The van der Waals surface area contributed by atoms with Gasteiger partial charge in [-0.3, -0.25) is 0 Å². The van der Waals surface area contributed by atoms with E-state index in [-0.39, 0.29) is 0 Å². The number of methoxy groups -OCH3 is 1. The molecule has 3 N–H and O–H groups in total. The van der Waals surface area contributed by atoms with Crippen molar-refractivity contribution in [1.29, 1.82) is 0 Å². The van der Waals surface area contributed by atoms with E-state index >= 15 is 0 Å². The van der Waals surface area contributed by atoms with Crippen molar-refractivity contribution < 1.29 is 9.30 Å². The maximum absolute atomic E-state index is 12.8. The predicted octanol–water partition coefficient (Wildman–Crippen LogP) is 5.84. The molecule has 0 atom stereocenters. The van der Waals surface area contributed by atoms with Gasteiger partial charge in [-0.05, 0) is 81.8 Å². The van der Waals surface area contributed by atoms with Gasteiger partial charge >= 0.3 is 0 Å². The third kappa shape index (κ3) is 5.93. The first-order chi connectivity index (χ1) is 18.3. The van der Waals surface area contributed by atoms with Crippen molar-refractivity contribution >= 4 is 52.9 Å². The third-order valence-electron chi connectivity index (χ3n) is 7.77. The molecule has 5 rings (SSSR count). The van der Waals surface area contributed by atoms with Gasteiger partial charge in [0.05, 0.1) is 24.7 Å². The molecule has 3 aromatic rings. The monoisotopic (exact) mass is 554 g/mol. The topological polar surface area (TPSA) is 91.4 Å². The summed E-state index contributed by atoms with van der Waals surface area (Å²) in [7, 11) is -0.828. The fraction of sp³-hybridized carbons (Fsp3) is 0.429. The Morgan fingerprint density at radius 1 is 1.03 bits per heavy atom. The van der Waals surface area contributed by atoms with Crippen molar-refractivity contribution in [2.24, 2.45) is 5.41 Å². The molecule has 0 aliphatic carbocycles. The zero-order valence-corrected chi connectivity index (χ0v) is 23.9. The van der Waals surface area contributed by atoms with Crippen LogP contribution < -0.4 is 30.9 Å². The summed E-state index contributed by atoms with van der Waals surface area (Å²) in [5.74, 6) is 1.53. The van der Waals surface area contributed by atoms with Crippen LogP contribution in [0.4, 0.5) is 28.8 Å². The molecule has 2 aliphatic rings. The van der Waals surface area contributed by atoms with E-state index in [4.69, 9.17) is 16.3 Å². The van der Waals surface area contributed by atoms with Gasteiger partial charge < -0.3 is 30.2 Å². The molecule has 2 aromatic carbocycles. The van der Waals surface area contributed by atoms with Crippen LogP contribution in [0.15, 0.2) is 48.7 Å². The lowest BCUT2D eigenvalue weighted by atomic mass is 9.71. The number of rotatable bonds is 7. The first-order valence-electron chi connectivity index (χ1n) is 13.1. The smallest absolute Gasteiger partial charge is 0.229 e. The second-order valence-electron chi connectivity index (χ2n) is 10.6. The van der Waals surface area contributed by atoms with Crippen molar-refractivity contribution in [2.45, 2.75) is 25.7 Å². The summed E-state index contributed by atoms with van der Waals surface area (Å²) in [6, 6.07) is 13.7. The predicted molar refractivity (Wildman–Crippen MR) is 158 cm³/mol. The van der Waals surface area contributed by atoms with Gasteiger partial charge in [0.15, 0.2) is 5.82 Å². The Labute approximate surface area is 229 Å². The first kappa shape index (κ1) is 26.8. The van der Waals surface area contributed by atoms with Gasteiger partial charge in [-0.25, -0.2) is 4.98 Å². The summed E-state index contributed by atoms with van der Waals surface area (Å²) in [6.07, 6.45) is 6.59. The van der Waals surface area contributed by atoms with E-state index in [1.54, 1.807) is 26.6 Å². The average molecular weight is 555 g/mol. The highest BCUT2D eigenvalue weighted by Gasteiger charge is 2.35. The number of aromatic nitrogens is 2. The fourth-order valence-electron chi connectivity index (χ4n) is 5.49. The quantitative estimate of drug-likeness (QED) is 0.314. The summed E-state index contributed by atoms with van der Waals surface area (Å²) in [6.45, 7) is 7.90. The number of anilines is 5. The number of hydrogen-bond donors (Lipinski definition) is 3. The second kappa shape index (κ2) is 11.1. The zero-order chi connectivity index (χ0) is 26.8. The fourth-order valence-corrected chi connectivity index (χ4v) is 6.78. The molecule has 1 aromatic heterocycles. The lowest BCUT2D eigenvalue weighted by Crippen LogP contribution is -2.45. The molecule has 10 heteroatoms. The van der Waals surface area contributed by atoms with E-state index < -0.39 is 7.14 Å². The van der Waals surface area contributed by atoms with E-state index in [0.29, 0.717) is 27.9 Å². The Morgan fingerprint density at radius 3 is 2.47 bits per heavy atom. The standard InChI is InChI=1S/C28H36ClN6O2P/c1-37-24-18-20(35-16-12-28(13-17-35)10-14-30-15-11-28)8-9-22(24)33-27-31-19-21(29)26(34-27)32-23-6-4-5-7-25(23)38(2,3)36/h4-9,18-19,30H,10-17H2,1-3H3,(H2,31,32,33,34). The summed E-state index contributed by atoms with van der Waals surface area (Å²) in [5, 5.41) is 11.1. The van der Waals surface area contributed by atoms with E-state index in [9.17, 15) is 4.57 Å². The maximum Gasteiger partial charge on any atom is 0.229 e. The number of piperidine rings is 2. The van der Waals surface area contributed by atoms with Crippen molar-refractivity contribution in [1.82, 2.24) is 15.3 Å². The summed E-state index contributed by atoms with van der Waals surface area (Å²) in [4.78, 5) is 11.4. The number of nitrogens with zero attached hydrogens (tertiary/aromatic N) is 3. The van der Waals surface area contributed by atoms with Crippen LogP contribution in [0, 0.1) is 5.41 Å². The van der Waals surface area contributed by atoms with Gasteiger partial charge in [-0.1, -0.05) is 23.7 Å². The molecule has 2 aliphatic heterocycles. The van der Waals surface area contributed by atoms with E-state index in [1.807, 2.05) is 30.3 Å². The van der Waals surface area contributed by atoms with Crippen LogP contribution in [-0.4, -0.2) is 56.6 Å². The minimum absolute atomic E-state index is 0.367. The van der Waals surface area contributed by atoms with Crippen LogP contribution >= 0.6 is 18.7 Å². The maximum atomic E-state index is 12.8. The number of ether oxygens (including phenoxy) is 1. The number of hydrogen-bond acceptors (Lipinski definition) is 8. The minimum atomic E-state index is -2.50. The second-order valence-corrected chi connectivity index (χ2v) is 14.2. The molecule has 0 amide bonds. The summed E-state index contributed by atoms with van der Waals surface area (Å²) >= 11 is 6.42. The van der Waals surface area contributed by atoms with Crippen LogP contribution in [0.5, 0.6) is 5.75 Å². The number of nitrogens with one attached hydrogen (secondary N) is 3. The highest BCUT2D eigenvalue weighted by Crippen LogP contribution is 2.42. The SMILES string of the molecule is COc1cc(N2CCC3(CCNCC3)CC2)ccc1Nc1ncc(Cl)c(Nc2ccccc2P(C)(C)=O)n1. The molecule has 38 heavy (non-hydrogen) atoms. The molecule has 0 saturated carbocycles. The first-order valence-corrected chi connectivity index (χ1v) is 16.1. The molecule has 0 radical (unpaired) electrons. The molecule has 202 valence electrons. The van der Waals surface area contributed by atoms with Gasteiger partial charge in [0.25, 0.3) is 0 Å². The molecule has 0 unspecified atom stereocenters. The third-order valence-corrected chi connectivity index (χ3v) is 9.59. The number of benzene rings is 2. The molecular formula is C28H36ClN6O2P. The van der Waals surface area contributed by atoms with Gasteiger partial charge in [0.2, 0.25) is 5.95 Å². The van der Waals surface area contributed by atoms with E-state index in [2.05, 4.69) is 43.0 Å². The van der Waals surface area contributed by atoms with Crippen LogP contribution in [0.3, 0.4) is 0 Å². The lowest BCUT2D eigenvalue weighted by molar-refractivity contribution is 0.155. The summed E-state index contributed by atoms with van der Waals surface area (Å²) < 4.78 is 18.5. The lowest BCUT2D eigenvalue weighted by Gasteiger charge is -2.45. The molecule has 1 spiro atoms. The normalized spacial score (nSPS) is 17.3. The molecule has 3 heterocycles. The Balaban J connectivity index is 1.32. The zero-order valence-electron chi connectivity index (χ0n) is 22.3. The summed E-state index contributed by atoms with van der Waals surface area (Å²) in [5.41, 5.74) is 3.15. The Hall–Kier alpha value is -2.80. The van der Waals surface area contributed by atoms with Crippen LogP contribution in [0.25, 0.3) is 0 Å². The molecular weight excluding hydrogens is 519 g/mol. The van der Waals surface area contributed by atoms with Crippen LogP contribution in [0.1, 0.15) is 25.7 Å². The number of para-hydroxylation sites is 1. The molecule has 8 nitrogen and oxygen atoms in total. The number of halogens is 1. The van der Waals surface area contributed by atoms with Crippen LogP contribution in [-0.2, 0) is 4.57 Å². The van der Waals surface area contributed by atoms with Gasteiger partial charge in [0, 0.05) is 30.1 Å². The van der Waals surface area contributed by atoms with Crippen molar-refractivity contribution in [3.05, 3.63) is 53.7 Å². The van der Waals surface area contributed by atoms with Crippen molar-refractivity contribution in [3.63, 3.8) is 0 Å². The largest absolute Gasteiger partial charge is 0.494 e. The van der Waals surface area contributed by atoms with Crippen molar-refractivity contribution in [2.75, 3.05) is 62.2 Å². The van der Waals surface area contributed by atoms with Gasteiger partial charge in [-0.2, -0.15) is 4.98 Å². The average Bonchev–Trinajstić information content (AvgIpc) is 2.91. The van der Waals surface area contributed by atoms with Gasteiger partial charge in [-0.15, -0.1) is 0 Å². The highest BCUT2D eigenvalue weighted by molar-refractivity contribution is 7.70. The van der Waals surface area contributed by atoms with E-state index in [0.717, 1.165) is 48.6 Å².